The molecule has 21 heavy (non-hydrogen) atoms. The fourth-order valence-electron chi connectivity index (χ4n) is 1.53. The molecule has 0 atom stereocenters. The Hall–Kier alpha value is -1.78. The topological polar surface area (TPSA) is 73.1 Å². The highest BCUT2D eigenvalue weighted by molar-refractivity contribution is 5.47. The summed E-state index contributed by atoms with van der Waals surface area (Å²) < 4.78 is 78.9. The average molecular weight is 318 g/mol. The first-order chi connectivity index (χ1) is 9.61. The van der Waals surface area contributed by atoms with Crippen LogP contribution in [0.15, 0.2) is 6.33 Å². The van der Waals surface area contributed by atoms with Gasteiger partial charge in [-0.25, -0.2) is 15.8 Å². The van der Waals surface area contributed by atoms with Crippen LogP contribution in [-0.4, -0.2) is 28.4 Å². The van der Waals surface area contributed by atoms with Crippen LogP contribution in [0, 0.1) is 0 Å². The van der Waals surface area contributed by atoms with Gasteiger partial charge < -0.3 is 10.2 Å². The van der Waals surface area contributed by atoms with Crippen molar-refractivity contribution >= 4 is 5.82 Å². The van der Waals surface area contributed by atoms with Crippen molar-refractivity contribution in [1.82, 2.24) is 9.97 Å². The Morgan fingerprint density at radius 3 is 2.19 bits per heavy atom. The summed E-state index contributed by atoms with van der Waals surface area (Å²) in [5.74, 6) is 4.21. The molecule has 0 aliphatic carbocycles. The van der Waals surface area contributed by atoms with Crippen LogP contribution >= 0.6 is 0 Å². The fraction of sp³-hybridized carbons (Fsp3) is 0.600. The molecule has 0 aliphatic rings. The largest absolute Gasteiger partial charge is 0.454 e. The molecule has 0 aliphatic heterocycles. The van der Waals surface area contributed by atoms with E-state index in [0.29, 0.717) is 6.42 Å². The van der Waals surface area contributed by atoms with Gasteiger partial charge >= 0.3 is 12.4 Å². The van der Waals surface area contributed by atoms with Crippen molar-refractivity contribution in [1.29, 1.82) is 0 Å². The molecule has 1 heterocycles. The Balaban J connectivity index is 3.21. The third-order valence-corrected chi connectivity index (χ3v) is 2.37. The van der Waals surface area contributed by atoms with Gasteiger partial charge in [-0.15, -0.1) is 0 Å². The van der Waals surface area contributed by atoms with Crippen molar-refractivity contribution < 1.29 is 31.1 Å². The van der Waals surface area contributed by atoms with Crippen molar-refractivity contribution in [2.24, 2.45) is 5.84 Å². The van der Waals surface area contributed by atoms with Crippen molar-refractivity contribution in [2.75, 3.05) is 5.43 Å². The van der Waals surface area contributed by atoms with Gasteiger partial charge in [0.05, 0.1) is 5.56 Å². The molecule has 1 aromatic rings. The molecule has 5 nitrogen and oxygen atoms in total. The summed E-state index contributed by atoms with van der Waals surface area (Å²) >= 11 is 0. The Bertz CT molecular complexity index is 462. The van der Waals surface area contributed by atoms with E-state index in [1.54, 1.807) is 6.92 Å². The van der Waals surface area contributed by atoms with Crippen LogP contribution in [-0.2, 0) is 6.42 Å². The molecule has 0 saturated heterocycles. The van der Waals surface area contributed by atoms with Gasteiger partial charge in [-0.1, -0.05) is 13.3 Å². The highest BCUT2D eigenvalue weighted by Crippen LogP contribution is 2.37. The van der Waals surface area contributed by atoms with E-state index in [0.717, 1.165) is 6.33 Å². The lowest BCUT2D eigenvalue weighted by molar-refractivity contribution is -0.300. The van der Waals surface area contributed by atoms with E-state index in [-0.39, 0.29) is 17.8 Å². The van der Waals surface area contributed by atoms with Crippen molar-refractivity contribution in [3.63, 3.8) is 0 Å². The fourth-order valence-corrected chi connectivity index (χ4v) is 1.53. The lowest BCUT2D eigenvalue weighted by Gasteiger charge is -2.24. The summed E-state index contributed by atoms with van der Waals surface area (Å²) in [6.07, 6.45) is -13.9. The number of nitrogens with two attached hydrogens (primary N) is 1. The zero-order valence-electron chi connectivity index (χ0n) is 10.7. The normalized spacial score (nSPS) is 12.6. The molecule has 1 aromatic heterocycles. The average Bonchev–Trinajstić information content (AvgIpc) is 2.34. The monoisotopic (exact) mass is 318 g/mol. The molecule has 0 spiro atoms. The molecule has 0 amide bonds. The molecular weight excluding hydrogens is 306 g/mol. The zero-order chi connectivity index (χ0) is 16.3. The zero-order valence-corrected chi connectivity index (χ0v) is 10.7. The smallest absolute Gasteiger partial charge is 0.434 e. The quantitative estimate of drug-likeness (QED) is 0.496. The number of halogens is 6. The number of alkyl halides is 6. The Kier molecular flexibility index (Phi) is 5.20. The van der Waals surface area contributed by atoms with Gasteiger partial charge in [0, 0.05) is 0 Å². The minimum atomic E-state index is -5.62. The summed E-state index contributed by atoms with van der Waals surface area (Å²) in [6.45, 7) is 1.67. The van der Waals surface area contributed by atoms with E-state index in [1.165, 1.54) is 0 Å². The SMILES string of the molecule is CCCc1c(NN)ncnc1OC(C(F)(F)F)C(F)(F)F. The van der Waals surface area contributed by atoms with Gasteiger partial charge in [-0.3, -0.25) is 0 Å². The molecular formula is C10H12F6N4O. The van der Waals surface area contributed by atoms with E-state index >= 15 is 0 Å². The van der Waals surface area contributed by atoms with E-state index in [9.17, 15) is 26.3 Å². The molecule has 11 heteroatoms. The third-order valence-electron chi connectivity index (χ3n) is 2.37. The number of nitrogens with one attached hydrogen (secondary N) is 1. The molecule has 0 saturated carbocycles. The van der Waals surface area contributed by atoms with Crippen molar-refractivity contribution in [2.45, 2.75) is 38.2 Å². The maximum atomic E-state index is 12.5. The van der Waals surface area contributed by atoms with Gasteiger partial charge in [0.25, 0.3) is 6.10 Å². The van der Waals surface area contributed by atoms with Crippen molar-refractivity contribution in [3.8, 4) is 5.88 Å². The number of rotatable bonds is 5. The van der Waals surface area contributed by atoms with E-state index < -0.39 is 24.3 Å². The van der Waals surface area contributed by atoms with Gasteiger partial charge in [-0.2, -0.15) is 26.3 Å². The highest BCUT2D eigenvalue weighted by Gasteiger charge is 2.59. The molecule has 0 bridgehead atoms. The molecule has 0 fully saturated rings. The number of ether oxygens (including phenoxy) is 1. The predicted octanol–water partition coefficient (Wildman–Crippen LogP) is 2.59. The van der Waals surface area contributed by atoms with Crippen LogP contribution in [0.4, 0.5) is 32.2 Å². The Morgan fingerprint density at radius 1 is 1.19 bits per heavy atom. The van der Waals surface area contributed by atoms with E-state index in [2.05, 4.69) is 20.1 Å². The molecule has 0 aromatic carbocycles. The second kappa shape index (κ2) is 6.33. The minimum Gasteiger partial charge on any atom is -0.454 e. The summed E-state index contributed by atoms with van der Waals surface area (Å²) in [4.78, 5) is 6.96. The summed E-state index contributed by atoms with van der Waals surface area (Å²) in [7, 11) is 0. The summed E-state index contributed by atoms with van der Waals surface area (Å²) in [5, 5.41) is 0. The number of hydrazine groups is 1. The third kappa shape index (κ3) is 4.34. The molecule has 1 rings (SSSR count). The minimum absolute atomic E-state index is 0.0546. The first kappa shape index (κ1) is 17.3. The van der Waals surface area contributed by atoms with Gasteiger partial charge in [0.1, 0.15) is 12.1 Å². The van der Waals surface area contributed by atoms with Crippen LogP contribution in [0.1, 0.15) is 18.9 Å². The predicted molar refractivity (Wildman–Crippen MR) is 60.4 cm³/mol. The van der Waals surface area contributed by atoms with E-state index in [1.807, 2.05) is 0 Å². The van der Waals surface area contributed by atoms with Crippen LogP contribution in [0.25, 0.3) is 0 Å². The van der Waals surface area contributed by atoms with E-state index in [4.69, 9.17) is 5.84 Å². The van der Waals surface area contributed by atoms with Crippen molar-refractivity contribution in [3.05, 3.63) is 11.9 Å². The lowest BCUT2D eigenvalue weighted by atomic mass is 10.1. The highest BCUT2D eigenvalue weighted by atomic mass is 19.4. The maximum Gasteiger partial charge on any atom is 0.434 e. The van der Waals surface area contributed by atoms with Gasteiger partial charge in [0.15, 0.2) is 0 Å². The lowest BCUT2D eigenvalue weighted by Crippen LogP contribution is -2.47. The number of hydrogen-bond donors (Lipinski definition) is 2. The second-order valence-electron chi connectivity index (χ2n) is 3.98. The van der Waals surface area contributed by atoms with Crippen LogP contribution in [0.3, 0.4) is 0 Å². The Labute approximate surface area is 115 Å². The van der Waals surface area contributed by atoms with Gasteiger partial charge in [0.2, 0.25) is 5.88 Å². The number of anilines is 1. The second-order valence-corrected chi connectivity index (χ2v) is 3.98. The summed E-state index contributed by atoms with van der Waals surface area (Å²) in [6, 6.07) is 0. The van der Waals surface area contributed by atoms with Crippen LogP contribution in [0.2, 0.25) is 0 Å². The number of nitrogens with zero attached hydrogens (tertiary/aromatic N) is 2. The number of nitrogen functional groups attached to an aromatic ring is 1. The standard InChI is InChI=1S/C10H12F6N4O/c1-2-3-5-6(20-17)18-4-19-7(5)21-8(9(11,12)13)10(14,15)16/h4,8H,2-3,17H2,1H3,(H,18,19,20). The molecule has 120 valence electrons. The first-order valence-corrected chi connectivity index (χ1v) is 5.71. The molecule has 0 unspecified atom stereocenters. The van der Waals surface area contributed by atoms with Gasteiger partial charge in [-0.05, 0) is 6.42 Å². The van der Waals surface area contributed by atoms with Crippen LogP contribution in [0.5, 0.6) is 5.88 Å². The molecule has 0 radical (unpaired) electrons. The van der Waals surface area contributed by atoms with Crippen LogP contribution < -0.4 is 16.0 Å². The first-order valence-electron chi connectivity index (χ1n) is 5.71. The molecule has 3 N–H and O–H groups in total. The number of aromatic nitrogens is 2. The summed E-state index contributed by atoms with van der Waals surface area (Å²) in [5.41, 5.74) is 2.02. The maximum absolute atomic E-state index is 12.5. The number of hydrogen-bond acceptors (Lipinski definition) is 5. The Morgan fingerprint density at radius 2 is 1.76 bits per heavy atom.